The molecule has 1 fully saturated rings. The Hall–Kier alpha value is -0.940. The maximum Gasteiger partial charge on any atom is 0.270 e. The van der Waals surface area contributed by atoms with Gasteiger partial charge in [0.25, 0.3) is 5.91 Å². The van der Waals surface area contributed by atoms with E-state index in [1.807, 2.05) is 5.38 Å². The van der Waals surface area contributed by atoms with Crippen LogP contribution in [0.1, 0.15) is 55.0 Å². The average Bonchev–Trinajstić information content (AvgIpc) is 2.78. The SMILES string of the molecule is CC1CC(NC(=O)c2csc(C(C)C)n2)CCN1. The standard InChI is InChI=1S/C13H21N3OS/c1-8(2)13-16-11(7-18-13)12(17)15-10-4-5-14-9(3)6-10/h7-10,14H,4-6H2,1-3H3,(H,15,17). The summed E-state index contributed by atoms with van der Waals surface area (Å²) in [6, 6.07) is 0.753. The van der Waals surface area contributed by atoms with Gasteiger partial charge >= 0.3 is 0 Å². The van der Waals surface area contributed by atoms with Gasteiger partial charge in [0, 0.05) is 23.4 Å². The zero-order valence-electron chi connectivity index (χ0n) is 11.2. The van der Waals surface area contributed by atoms with Crippen LogP contribution in [0, 0.1) is 0 Å². The summed E-state index contributed by atoms with van der Waals surface area (Å²) in [6.07, 6.45) is 1.99. The molecule has 0 aromatic carbocycles. The molecule has 1 aromatic rings. The second kappa shape index (κ2) is 5.80. The van der Waals surface area contributed by atoms with Crippen LogP contribution in [0.15, 0.2) is 5.38 Å². The zero-order chi connectivity index (χ0) is 13.1. The first-order chi connectivity index (χ1) is 8.56. The van der Waals surface area contributed by atoms with E-state index in [2.05, 4.69) is 36.4 Å². The molecular weight excluding hydrogens is 246 g/mol. The largest absolute Gasteiger partial charge is 0.348 e. The van der Waals surface area contributed by atoms with Gasteiger partial charge in [-0.15, -0.1) is 11.3 Å². The number of thiazole rings is 1. The third-order valence-corrected chi connectivity index (χ3v) is 4.35. The van der Waals surface area contributed by atoms with Crippen molar-refractivity contribution in [2.45, 2.75) is 51.6 Å². The number of hydrogen-bond donors (Lipinski definition) is 2. The quantitative estimate of drug-likeness (QED) is 0.882. The highest BCUT2D eigenvalue weighted by Crippen LogP contribution is 2.19. The van der Waals surface area contributed by atoms with Crippen LogP contribution in [0.2, 0.25) is 0 Å². The smallest absolute Gasteiger partial charge is 0.270 e. The summed E-state index contributed by atoms with van der Waals surface area (Å²) in [6.45, 7) is 7.31. The molecule has 18 heavy (non-hydrogen) atoms. The lowest BCUT2D eigenvalue weighted by molar-refractivity contribution is 0.0921. The van der Waals surface area contributed by atoms with Crippen molar-refractivity contribution < 1.29 is 4.79 Å². The van der Waals surface area contributed by atoms with Gasteiger partial charge in [0.2, 0.25) is 0 Å². The molecule has 1 saturated heterocycles. The third-order valence-electron chi connectivity index (χ3n) is 3.21. The number of carbonyl (C=O) groups excluding carboxylic acids is 1. The molecule has 1 aliphatic rings. The Kier molecular flexibility index (Phi) is 4.35. The topological polar surface area (TPSA) is 54.0 Å². The molecule has 0 aliphatic carbocycles. The average molecular weight is 267 g/mol. The van der Waals surface area contributed by atoms with Crippen LogP contribution in [0.4, 0.5) is 0 Å². The van der Waals surface area contributed by atoms with Gasteiger partial charge in [0.1, 0.15) is 5.69 Å². The Bertz CT molecular complexity index is 416. The van der Waals surface area contributed by atoms with Gasteiger partial charge in [-0.3, -0.25) is 4.79 Å². The Balaban J connectivity index is 1.94. The van der Waals surface area contributed by atoms with Gasteiger partial charge in [-0.2, -0.15) is 0 Å². The van der Waals surface area contributed by atoms with E-state index in [0.29, 0.717) is 17.7 Å². The third kappa shape index (κ3) is 3.29. The van der Waals surface area contributed by atoms with Crippen molar-refractivity contribution in [2.24, 2.45) is 0 Å². The molecule has 0 spiro atoms. The molecule has 2 heterocycles. The summed E-state index contributed by atoms with van der Waals surface area (Å²) in [7, 11) is 0. The number of hydrogen-bond acceptors (Lipinski definition) is 4. The van der Waals surface area contributed by atoms with Crippen LogP contribution < -0.4 is 10.6 Å². The number of rotatable bonds is 3. The predicted octanol–water partition coefficient (Wildman–Crippen LogP) is 2.14. The Morgan fingerprint density at radius 3 is 3.00 bits per heavy atom. The fraction of sp³-hybridized carbons (Fsp3) is 0.692. The summed E-state index contributed by atoms with van der Waals surface area (Å²) in [4.78, 5) is 16.5. The lowest BCUT2D eigenvalue weighted by Gasteiger charge is -2.28. The highest BCUT2D eigenvalue weighted by Gasteiger charge is 2.21. The number of aromatic nitrogens is 1. The molecule has 2 atom stereocenters. The van der Waals surface area contributed by atoms with Crippen molar-refractivity contribution in [3.8, 4) is 0 Å². The molecule has 100 valence electrons. The molecular formula is C13H21N3OS. The monoisotopic (exact) mass is 267 g/mol. The number of piperidine rings is 1. The van der Waals surface area contributed by atoms with Gasteiger partial charge < -0.3 is 10.6 Å². The van der Waals surface area contributed by atoms with E-state index in [-0.39, 0.29) is 11.9 Å². The Labute approximate surface area is 112 Å². The fourth-order valence-corrected chi connectivity index (χ4v) is 2.99. The summed E-state index contributed by atoms with van der Waals surface area (Å²) < 4.78 is 0. The van der Waals surface area contributed by atoms with Gasteiger partial charge in [-0.05, 0) is 26.3 Å². The molecule has 2 N–H and O–H groups in total. The normalized spacial score (nSPS) is 24.2. The van der Waals surface area contributed by atoms with Crippen molar-refractivity contribution in [2.75, 3.05) is 6.54 Å². The summed E-state index contributed by atoms with van der Waals surface area (Å²) in [5, 5.41) is 9.35. The molecule has 0 saturated carbocycles. The van der Waals surface area contributed by atoms with Crippen molar-refractivity contribution in [3.05, 3.63) is 16.1 Å². The minimum absolute atomic E-state index is 0.0303. The number of nitrogens with one attached hydrogen (secondary N) is 2. The van der Waals surface area contributed by atoms with Crippen molar-refractivity contribution >= 4 is 17.2 Å². The summed E-state index contributed by atoms with van der Waals surface area (Å²) in [5.41, 5.74) is 0.565. The molecule has 1 aliphatic heterocycles. The number of amides is 1. The highest BCUT2D eigenvalue weighted by atomic mass is 32.1. The maximum absolute atomic E-state index is 12.1. The molecule has 4 nitrogen and oxygen atoms in total. The molecule has 0 radical (unpaired) electrons. The second-order valence-corrected chi connectivity index (χ2v) is 6.17. The maximum atomic E-state index is 12.1. The van der Waals surface area contributed by atoms with E-state index in [1.54, 1.807) is 11.3 Å². The first kappa shape index (κ1) is 13.5. The van der Waals surface area contributed by atoms with E-state index < -0.39 is 0 Å². The first-order valence-electron chi connectivity index (χ1n) is 6.56. The van der Waals surface area contributed by atoms with Crippen LogP contribution in [0.25, 0.3) is 0 Å². The van der Waals surface area contributed by atoms with Gasteiger partial charge in [0.05, 0.1) is 5.01 Å². The van der Waals surface area contributed by atoms with Crippen LogP contribution in [0.3, 0.4) is 0 Å². The van der Waals surface area contributed by atoms with E-state index in [9.17, 15) is 4.79 Å². The van der Waals surface area contributed by atoms with Crippen LogP contribution in [0.5, 0.6) is 0 Å². The lowest BCUT2D eigenvalue weighted by Crippen LogP contribution is -2.46. The van der Waals surface area contributed by atoms with E-state index in [1.165, 1.54) is 0 Å². The molecule has 5 heteroatoms. The van der Waals surface area contributed by atoms with Crippen LogP contribution in [-0.2, 0) is 0 Å². The first-order valence-corrected chi connectivity index (χ1v) is 7.44. The number of carbonyl (C=O) groups is 1. The number of nitrogens with zero attached hydrogens (tertiary/aromatic N) is 1. The minimum Gasteiger partial charge on any atom is -0.348 e. The zero-order valence-corrected chi connectivity index (χ0v) is 12.0. The van der Waals surface area contributed by atoms with Crippen molar-refractivity contribution in [3.63, 3.8) is 0 Å². The van der Waals surface area contributed by atoms with Crippen molar-refractivity contribution in [1.29, 1.82) is 0 Å². The second-order valence-electron chi connectivity index (χ2n) is 5.28. The van der Waals surface area contributed by atoms with Crippen molar-refractivity contribution in [1.82, 2.24) is 15.6 Å². The molecule has 0 bridgehead atoms. The minimum atomic E-state index is -0.0303. The summed E-state index contributed by atoms with van der Waals surface area (Å²) in [5.74, 6) is 0.354. The van der Waals surface area contributed by atoms with E-state index >= 15 is 0 Å². The Morgan fingerprint density at radius 1 is 1.61 bits per heavy atom. The Morgan fingerprint density at radius 2 is 2.39 bits per heavy atom. The van der Waals surface area contributed by atoms with E-state index in [4.69, 9.17) is 0 Å². The van der Waals surface area contributed by atoms with Gasteiger partial charge in [-0.1, -0.05) is 13.8 Å². The van der Waals surface area contributed by atoms with Gasteiger partial charge in [0.15, 0.2) is 0 Å². The van der Waals surface area contributed by atoms with Gasteiger partial charge in [-0.25, -0.2) is 4.98 Å². The van der Waals surface area contributed by atoms with Crippen LogP contribution >= 0.6 is 11.3 Å². The summed E-state index contributed by atoms with van der Waals surface area (Å²) >= 11 is 1.56. The molecule has 1 amide bonds. The van der Waals surface area contributed by atoms with Crippen LogP contribution in [-0.4, -0.2) is 29.5 Å². The predicted molar refractivity (Wildman–Crippen MR) is 74.2 cm³/mol. The molecule has 1 aromatic heterocycles. The lowest BCUT2D eigenvalue weighted by atomic mass is 10.0. The molecule has 2 rings (SSSR count). The van der Waals surface area contributed by atoms with E-state index in [0.717, 1.165) is 24.4 Å². The highest BCUT2D eigenvalue weighted by molar-refractivity contribution is 7.09. The fourth-order valence-electron chi connectivity index (χ4n) is 2.18. The molecule has 2 unspecified atom stereocenters.